The summed E-state index contributed by atoms with van der Waals surface area (Å²) >= 11 is 1.51. The van der Waals surface area contributed by atoms with Gasteiger partial charge in [0, 0.05) is 18.3 Å². The van der Waals surface area contributed by atoms with Crippen molar-refractivity contribution in [2.24, 2.45) is 0 Å². The van der Waals surface area contributed by atoms with Crippen molar-refractivity contribution in [3.63, 3.8) is 0 Å². The second kappa shape index (κ2) is 7.57. The molecule has 3 rings (SSSR count). The number of hydrogen-bond acceptors (Lipinski definition) is 5. The summed E-state index contributed by atoms with van der Waals surface area (Å²) < 4.78 is 0. The van der Waals surface area contributed by atoms with Crippen molar-refractivity contribution in [3.05, 3.63) is 41.5 Å². The standard InChI is InChI=1S/C17H22N4OS/c1-2-21(14-6-4-3-5-7-14)17-15(19-12-23-17)16(22)20-13-8-10-18-11-9-13/h3-7,12-13,18H,2,8-11H2,1H3,(H,20,22). The molecule has 1 fully saturated rings. The van der Waals surface area contributed by atoms with Gasteiger partial charge in [0.1, 0.15) is 5.00 Å². The van der Waals surface area contributed by atoms with Gasteiger partial charge in [-0.1, -0.05) is 18.2 Å². The van der Waals surface area contributed by atoms with E-state index in [1.165, 1.54) is 11.3 Å². The van der Waals surface area contributed by atoms with Crippen LogP contribution in [0.25, 0.3) is 0 Å². The normalized spacial score (nSPS) is 15.3. The van der Waals surface area contributed by atoms with E-state index in [0.717, 1.165) is 43.2 Å². The third kappa shape index (κ3) is 3.71. The lowest BCUT2D eigenvalue weighted by Gasteiger charge is -2.25. The molecule has 2 N–H and O–H groups in total. The summed E-state index contributed by atoms with van der Waals surface area (Å²) in [5.41, 5.74) is 3.35. The van der Waals surface area contributed by atoms with E-state index in [9.17, 15) is 4.79 Å². The first-order valence-corrected chi connectivity index (χ1v) is 8.95. The van der Waals surface area contributed by atoms with E-state index in [1.807, 2.05) is 18.2 Å². The van der Waals surface area contributed by atoms with Gasteiger partial charge < -0.3 is 15.5 Å². The minimum atomic E-state index is -0.0671. The molecule has 0 bridgehead atoms. The Morgan fingerprint density at radius 3 is 2.78 bits per heavy atom. The van der Waals surface area contributed by atoms with E-state index in [-0.39, 0.29) is 11.9 Å². The number of amides is 1. The van der Waals surface area contributed by atoms with Crippen molar-refractivity contribution < 1.29 is 4.79 Å². The van der Waals surface area contributed by atoms with E-state index in [4.69, 9.17) is 0 Å². The molecule has 0 radical (unpaired) electrons. The Morgan fingerprint density at radius 2 is 2.09 bits per heavy atom. The summed E-state index contributed by atoms with van der Waals surface area (Å²) in [5.74, 6) is -0.0671. The molecule has 1 amide bonds. The number of hydrogen-bond donors (Lipinski definition) is 2. The van der Waals surface area contributed by atoms with Gasteiger partial charge in [-0.2, -0.15) is 0 Å². The number of anilines is 2. The van der Waals surface area contributed by atoms with Crippen molar-refractivity contribution in [3.8, 4) is 0 Å². The summed E-state index contributed by atoms with van der Waals surface area (Å²) in [6, 6.07) is 10.4. The highest BCUT2D eigenvalue weighted by Crippen LogP contribution is 2.31. The number of aromatic nitrogens is 1. The molecule has 1 aliphatic rings. The van der Waals surface area contributed by atoms with Crippen LogP contribution in [-0.4, -0.2) is 36.6 Å². The molecule has 2 heterocycles. The zero-order valence-corrected chi connectivity index (χ0v) is 14.1. The molecule has 2 aromatic rings. The summed E-state index contributed by atoms with van der Waals surface area (Å²) in [6.07, 6.45) is 1.95. The lowest BCUT2D eigenvalue weighted by molar-refractivity contribution is 0.0926. The molecule has 5 nitrogen and oxygen atoms in total. The van der Waals surface area contributed by atoms with Gasteiger partial charge in [-0.3, -0.25) is 4.79 Å². The zero-order valence-electron chi connectivity index (χ0n) is 13.3. The van der Waals surface area contributed by atoms with Crippen LogP contribution < -0.4 is 15.5 Å². The number of nitrogens with one attached hydrogen (secondary N) is 2. The summed E-state index contributed by atoms with van der Waals surface area (Å²) in [6.45, 7) is 4.79. The number of thiazole rings is 1. The molecule has 0 spiro atoms. The first-order valence-electron chi connectivity index (χ1n) is 8.07. The van der Waals surface area contributed by atoms with Crippen LogP contribution in [0.3, 0.4) is 0 Å². The Kier molecular flexibility index (Phi) is 5.25. The SMILES string of the molecule is CCN(c1ccccc1)c1scnc1C(=O)NC1CCNCC1. The maximum Gasteiger partial charge on any atom is 0.273 e. The van der Waals surface area contributed by atoms with Gasteiger partial charge in [0.05, 0.1) is 5.51 Å². The number of para-hydroxylation sites is 1. The molecule has 0 aliphatic carbocycles. The fourth-order valence-electron chi connectivity index (χ4n) is 2.86. The molecule has 1 aromatic carbocycles. The van der Waals surface area contributed by atoms with E-state index in [2.05, 4.69) is 39.6 Å². The molecule has 0 saturated carbocycles. The van der Waals surface area contributed by atoms with Gasteiger partial charge in [0.25, 0.3) is 5.91 Å². The molecule has 23 heavy (non-hydrogen) atoms. The quantitative estimate of drug-likeness (QED) is 0.885. The van der Waals surface area contributed by atoms with Crippen molar-refractivity contribution in [2.75, 3.05) is 24.5 Å². The second-order valence-corrected chi connectivity index (χ2v) is 6.42. The number of carbonyl (C=O) groups is 1. The molecule has 1 aromatic heterocycles. The minimum Gasteiger partial charge on any atom is -0.348 e. The lowest BCUT2D eigenvalue weighted by Crippen LogP contribution is -2.43. The Balaban J connectivity index is 1.79. The average Bonchev–Trinajstić information content (AvgIpc) is 3.07. The van der Waals surface area contributed by atoms with Gasteiger partial charge >= 0.3 is 0 Å². The minimum absolute atomic E-state index is 0.0671. The van der Waals surface area contributed by atoms with Gasteiger partial charge in [-0.05, 0) is 45.0 Å². The topological polar surface area (TPSA) is 57.3 Å². The predicted octanol–water partition coefficient (Wildman–Crippen LogP) is 2.78. The van der Waals surface area contributed by atoms with Crippen LogP contribution in [0.4, 0.5) is 10.7 Å². The smallest absolute Gasteiger partial charge is 0.273 e. The Morgan fingerprint density at radius 1 is 1.35 bits per heavy atom. The van der Waals surface area contributed by atoms with E-state index < -0.39 is 0 Å². The largest absolute Gasteiger partial charge is 0.348 e. The third-order valence-corrected chi connectivity index (χ3v) is 4.92. The van der Waals surface area contributed by atoms with Crippen molar-refractivity contribution in [1.29, 1.82) is 0 Å². The number of nitrogens with zero attached hydrogens (tertiary/aromatic N) is 2. The van der Waals surface area contributed by atoms with Gasteiger partial charge in [-0.25, -0.2) is 4.98 Å². The predicted molar refractivity (Wildman–Crippen MR) is 94.6 cm³/mol. The molecule has 0 unspecified atom stereocenters. The van der Waals surface area contributed by atoms with Crippen LogP contribution in [0.5, 0.6) is 0 Å². The molecule has 0 atom stereocenters. The summed E-state index contributed by atoms with van der Waals surface area (Å²) in [4.78, 5) is 19.1. The van der Waals surface area contributed by atoms with Crippen molar-refractivity contribution in [1.82, 2.24) is 15.6 Å². The molecule has 1 aliphatic heterocycles. The van der Waals surface area contributed by atoms with E-state index in [0.29, 0.717) is 5.69 Å². The Labute approximate surface area is 140 Å². The third-order valence-electron chi connectivity index (χ3n) is 4.07. The molecule has 6 heteroatoms. The first kappa shape index (κ1) is 16.0. The number of piperidine rings is 1. The maximum atomic E-state index is 12.6. The lowest BCUT2D eigenvalue weighted by atomic mass is 10.1. The molecule has 122 valence electrons. The first-order chi connectivity index (χ1) is 11.3. The van der Waals surface area contributed by atoms with Gasteiger partial charge in [0.15, 0.2) is 5.69 Å². The fraction of sp³-hybridized carbons (Fsp3) is 0.412. The maximum absolute atomic E-state index is 12.6. The van der Waals surface area contributed by atoms with E-state index >= 15 is 0 Å². The highest BCUT2D eigenvalue weighted by atomic mass is 32.1. The van der Waals surface area contributed by atoms with Crippen molar-refractivity contribution in [2.45, 2.75) is 25.8 Å². The monoisotopic (exact) mass is 330 g/mol. The average molecular weight is 330 g/mol. The number of rotatable bonds is 5. The summed E-state index contributed by atoms with van der Waals surface area (Å²) in [5, 5.41) is 7.35. The highest BCUT2D eigenvalue weighted by Gasteiger charge is 2.23. The zero-order chi connectivity index (χ0) is 16.1. The van der Waals surface area contributed by atoms with E-state index in [1.54, 1.807) is 5.51 Å². The van der Waals surface area contributed by atoms with Crippen LogP contribution in [-0.2, 0) is 0 Å². The molecular formula is C17H22N4OS. The summed E-state index contributed by atoms with van der Waals surface area (Å²) in [7, 11) is 0. The van der Waals surface area contributed by atoms with Crippen LogP contribution in [0.2, 0.25) is 0 Å². The van der Waals surface area contributed by atoms with Crippen LogP contribution in [0.1, 0.15) is 30.3 Å². The van der Waals surface area contributed by atoms with Gasteiger partial charge in [0.2, 0.25) is 0 Å². The number of benzene rings is 1. The van der Waals surface area contributed by atoms with Crippen LogP contribution >= 0.6 is 11.3 Å². The van der Waals surface area contributed by atoms with Crippen molar-refractivity contribution >= 4 is 27.9 Å². The Hall–Kier alpha value is -1.92. The molecular weight excluding hydrogens is 308 g/mol. The number of carbonyl (C=O) groups excluding carboxylic acids is 1. The van der Waals surface area contributed by atoms with Crippen LogP contribution in [0.15, 0.2) is 35.8 Å². The molecule has 1 saturated heterocycles. The van der Waals surface area contributed by atoms with Gasteiger partial charge in [-0.15, -0.1) is 11.3 Å². The fourth-order valence-corrected chi connectivity index (χ4v) is 3.74. The Bertz CT molecular complexity index is 637. The second-order valence-electron chi connectivity index (χ2n) is 5.58. The highest BCUT2D eigenvalue weighted by molar-refractivity contribution is 7.14. The van der Waals surface area contributed by atoms with Crippen LogP contribution in [0, 0.1) is 0 Å².